The predicted molar refractivity (Wildman–Crippen MR) is 76.2 cm³/mol. The SMILES string of the molecule is CC(=CC(C)(C)[S+](N)[O-])c1cccc(C(F)F)c1C. The van der Waals surface area contributed by atoms with E-state index in [9.17, 15) is 13.3 Å². The van der Waals surface area contributed by atoms with Gasteiger partial charge in [0.05, 0.1) is 0 Å². The van der Waals surface area contributed by atoms with E-state index in [-0.39, 0.29) is 5.56 Å². The molecule has 1 unspecified atom stereocenters. The molecule has 2 nitrogen and oxygen atoms in total. The molecular weight excluding hydrogens is 268 g/mol. The monoisotopic (exact) mass is 287 g/mol. The minimum absolute atomic E-state index is 0.0249. The zero-order valence-electron chi connectivity index (χ0n) is 11.5. The number of hydrogen-bond acceptors (Lipinski definition) is 2. The van der Waals surface area contributed by atoms with E-state index in [0.717, 1.165) is 11.1 Å². The summed E-state index contributed by atoms with van der Waals surface area (Å²) in [5.74, 6) is 0. The van der Waals surface area contributed by atoms with Crippen LogP contribution in [0.3, 0.4) is 0 Å². The molecular formula is C14H19F2NOS. The molecule has 0 amide bonds. The lowest BCUT2D eigenvalue weighted by atomic mass is 9.95. The summed E-state index contributed by atoms with van der Waals surface area (Å²) in [6.45, 7) is 6.98. The number of rotatable bonds is 4. The molecule has 0 saturated carbocycles. The van der Waals surface area contributed by atoms with Crippen molar-refractivity contribution in [3.63, 3.8) is 0 Å². The zero-order chi connectivity index (χ0) is 14.8. The van der Waals surface area contributed by atoms with E-state index in [1.54, 1.807) is 39.0 Å². The lowest BCUT2D eigenvalue weighted by Gasteiger charge is -2.22. The normalized spacial score (nSPS) is 14.9. The second kappa shape index (κ2) is 6.03. The molecule has 1 aromatic rings. The van der Waals surface area contributed by atoms with E-state index < -0.39 is 22.5 Å². The average Bonchev–Trinajstić information content (AvgIpc) is 2.27. The Hall–Kier alpha value is -0.910. The van der Waals surface area contributed by atoms with Crippen LogP contribution in [0.1, 0.15) is 43.9 Å². The first kappa shape index (κ1) is 16.1. The van der Waals surface area contributed by atoms with Crippen molar-refractivity contribution >= 4 is 16.9 Å². The fraction of sp³-hybridized carbons (Fsp3) is 0.429. The Morgan fingerprint density at radius 3 is 2.47 bits per heavy atom. The van der Waals surface area contributed by atoms with Gasteiger partial charge < -0.3 is 4.55 Å². The number of nitrogens with two attached hydrogens (primary N) is 1. The molecule has 0 aromatic heterocycles. The van der Waals surface area contributed by atoms with Gasteiger partial charge in [-0.2, -0.15) is 5.14 Å². The highest BCUT2D eigenvalue weighted by Gasteiger charge is 2.27. The summed E-state index contributed by atoms with van der Waals surface area (Å²) < 4.78 is 36.4. The minimum Gasteiger partial charge on any atom is -0.598 e. The fourth-order valence-electron chi connectivity index (χ4n) is 1.97. The number of alkyl halides is 2. The smallest absolute Gasteiger partial charge is 0.264 e. The molecule has 0 spiro atoms. The zero-order valence-corrected chi connectivity index (χ0v) is 12.4. The third kappa shape index (κ3) is 3.78. The van der Waals surface area contributed by atoms with Gasteiger partial charge in [0.25, 0.3) is 6.43 Å². The highest BCUT2D eigenvalue weighted by molar-refractivity contribution is 7.90. The molecule has 0 radical (unpaired) electrons. The molecule has 0 fully saturated rings. The van der Waals surface area contributed by atoms with Gasteiger partial charge >= 0.3 is 0 Å². The van der Waals surface area contributed by atoms with Crippen LogP contribution in [0.2, 0.25) is 0 Å². The maximum absolute atomic E-state index is 12.8. The fourth-order valence-corrected chi connectivity index (χ4v) is 2.27. The largest absolute Gasteiger partial charge is 0.598 e. The Balaban J connectivity index is 3.24. The predicted octanol–water partition coefficient (Wildman–Crippen LogP) is 3.74. The summed E-state index contributed by atoms with van der Waals surface area (Å²) in [4.78, 5) is 0. The van der Waals surface area contributed by atoms with Crippen LogP contribution in [0, 0.1) is 6.92 Å². The Kier molecular flexibility index (Phi) is 5.12. The molecule has 0 bridgehead atoms. The van der Waals surface area contributed by atoms with Crippen LogP contribution in [0.5, 0.6) is 0 Å². The first-order valence-electron chi connectivity index (χ1n) is 5.90. The number of halogens is 2. The Labute approximate surface area is 116 Å². The summed E-state index contributed by atoms with van der Waals surface area (Å²) in [7, 11) is 0. The lowest BCUT2D eigenvalue weighted by Crippen LogP contribution is -2.36. The van der Waals surface area contributed by atoms with Gasteiger partial charge in [-0.25, -0.2) is 8.78 Å². The molecule has 106 valence electrons. The molecule has 0 aliphatic carbocycles. The molecule has 0 aliphatic heterocycles. The summed E-state index contributed by atoms with van der Waals surface area (Å²) in [5.41, 5.74) is 2.10. The van der Waals surface area contributed by atoms with Crippen molar-refractivity contribution in [3.05, 3.63) is 41.0 Å². The first-order valence-corrected chi connectivity index (χ1v) is 7.12. The highest BCUT2D eigenvalue weighted by Crippen LogP contribution is 2.30. The van der Waals surface area contributed by atoms with Crippen molar-refractivity contribution in [1.82, 2.24) is 0 Å². The summed E-state index contributed by atoms with van der Waals surface area (Å²) >= 11 is -1.52. The van der Waals surface area contributed by atoms with E-state index in [1.807, 2.05) is 6.92 Å². The summed E-state index contributed by atoms with van der Waals surface area (Å²) in [6, 6.07) is 4.80. The van der Waals surface area contributed by atoms with Crippen LogP contribution >= 0.6 is 0 Å². The molecule has 1 aromatic carbocycles. The van der Waals surface area contributed by atoms with E-state index in [1.165, 1.54) is 6.07 Å². The topological polar surface area (TPSA) is 49.1 Å². The van der Waals surface area contributed by atoms with Gasteiger partial charge in [-0.1, -0.05) is 18.2 Å². The van der Waals surface area contributed by atoms with E-state index >= 15 is 0 Å². The minimum atomic E-state index is -2.50. The van der Waals surface area contributed by atoms with Crippen molar-refractivity contribution in [2.45, 2.75) is 38.9 Å². The molecule has 19 heavy (non-hydrogen) atoms. The third-order valence-electron chi connectivity index (χ3n) is 3.12. The average molecular weight is 287 g/mol. The second-order valence-electron chi connectivity index (χ2n) is 5.05. The molecule has 0 heterocycles. The molecule has 1 atom stereocenters. The Morgan fingerprint density at radius 1 is 1.42 bits per heavy atom. The molecule has 0 aliphatic rings. The van der Waals surface area contributed by atoms with E-state index in [2.05, 4.69) is 0 Å². The van der Waals surface area contributed by atoms with Crippen LogP contribution in [-0.2, 0) is 11.4 Å². The van der Waals surface area contributed by atoms with Gasteiger partial charge in [0.15, 0.2) is 4.75 Å². The Morgan fingerprint density at radius 2 is 2.00 bits per heavy atom. The van der Waals surface area contributed by atoms with E-state index in [0.29, 0.717) is 5.56 Å². The number of hydrogen-bond donors (Lipinski definition) is 1. The maximum Gasteiger partial charge on any atom is 0.264 e. The molecule has 2 N–H and O–H groups in total. The molecule has 1 rings (SSSR count). The summed E-state index contributed by atoms with van der Waals surface area (Å²) in [6.07, 6.45) is -0.731. The Bertz CT molecular complexity index is 484. The summed E-state index contributed by atoms with van der Waals surface area (Å²) in [5, 5.41) is 5.42. The van der Waals surface area contributed by atoms with Gasteiger partial charge in [-0.3, -0.25) is 0 Å². The van der Waals surface area contributed by atoms with Gasteiger partial charge in [0.2, 0.25) is 0 Å². The van der Waals surface area contributed by atoms with Crippen molar-refractivity contribution in [2.24, 2.45) is 5.14 Å². The second-order valence-corrected chi connectivity index (χ2v) is 6.70. The van der Waals surface area contributed by atoms with Gasteiger partial charge in [-0.15, -0.1) is 0 Å². The van der Waals surface area contributed by atoms with Gasteiger partial charge in [0.1, 0.15) is 0 Å². The first-order chi connectivity index (χ1) is 8.66. The van der Waals surface area contributed by atoms with Gasteiger partial charge in [0, 0.05) is 16.9 Å². The third-order valence-corrected chi connectivity index (χ3v) is 4.27. The van der Waals surface area contributed by atoms with Crippen molar-refractivity contribution in [1.29, 1.82) is 0 Å². The van der Waals surface area contributed by atoms with E-state index in [4.69, 9.17) is 5.14 Å². The van der Waals surface area contributed by atoms with Crippen LogP contribution in [0.4, 0.5) is 8.78 Å². The maximum atomic E-state index is 12.8. The molecule has 0 saturated heterocycles. The molecule has 5 heteroatoms. The van der Waals surface area contributed by atoms with Crippen LogP contribution in [-0.4, -0.2) is 9.30 Å². The quantitative estimate of drug-likeness (QED) is 0.858. The number of benzene rings is 1. The van der Waals surface area contributed by atoms with Crippen molar-refractivity contribution in [2.75, 3.05) is 0 Å². The number of allylic oxidation sites excluding steroid dienone is 1. The van der Waals surface area contributed by atoms with Crippen LogP contribution < -0.4 is 5.14 Å². The van der Waals surface area contributed by atoms with Crippen LogP contribution in [0.15, 0.2) is 24.3 Å². The highest BCUT2D eigenvalue weighted by atomic mass is 32.2. The van der Waals surface area contributed by atoms with Gasteiger partial charge in [-0.05, 0) is 50.5 Å². The van der Waals surface area contributed by atoms with Crippen molar-refractivity contribution < 1.29 is 13.3 Å². The van der Waals surface area contributed by atoms with Crippen molar-refractivity contribution in [3.8, 4) is 0 Å². The lowest BCUT2D eigenvalue weighted by molar-refractivity contribution is 0.150. The van der Waals surface area contributed by atoms with Crippen LogP contribution in [0.25, 0.3) is 5.57 Å². The standard InChI is InChI=1S/C14H19F2NOS/c1-9(8-14(3,4)19(17)18)11-6-5-7-12(10(11)2)13(15)16/h5-8,13H,17H2,1-4H3.